The normalized spacial score (nSPS) is 13.4. The van der Waals surface area contributed by atoms with Gasteiger partial charge in [0.25, 0.3) is 0 Å². The molecule has 1 aromatic heterocycles. The van der Waals surface area contributed by atoms with Gasteiger partial charge in [-0.1, -0.05) is 36.4 Å². The van der Waals surface area contributed by atoms with Crippen molar-refractivity contribution in [3.63, 3.8) is 0 Å². The largest absolute Gasteiger partial charge is 0.388 e. The highest BCUT2D eigenvalue weighted by Gasteiger charge is 1.98. The van der Waals surface area contributed by atoms with Crippen LogP contribution in [0.2, 0.25) is 0 Å². The zero-order valence-electron chi connectivity index (χ0n) is 12.2. The van der Waals surface area contributed by atoms with E-state index in [0.29, 0.717) is 0 Å². The van der Waals surface area contributed by atoms with Gasteiger partial charge in [-0.25, -0.2) is 0 Å². The molecule has 0 aliphatic carbocycles. The van der Waals surface area contributed by atoms with Gasteiger partial charge in [0.2, 0.25) is 0 Å². The van der Waals surface area contributed by atoms with Crippen LogP contribution >= 0.6 is 0 Å². The molecule has 0 bridgehead atoms. The summed E-state index contributed by atoms with van der Waals surface area (Å²) in [5, 5.41) is 3.17. The van der Waals surface area contributed by atoms with Crippen LogP contribution in [-0.2, 0) is 0 Å². The summed E-state index contributed by atoms with van der Waals surface area (Å²) >= 11 is 0. The Morgan fingerprint density at radius 3 is 2.53 bits per heavy atom. The van der Waals surface area contributed by atoms with Crippen LogP contribution in [0.15, 0.2) is 66.0 Å². The zero-order valence-corrected chi connectivity index (χ0v) is 12.2. The van der Waals surface area contributed by atoms with Crippen molar-refractivity contribution in [3.8, 4) is 0 Å². The van der Waals surface area contributed by atoms with Gasteiger partial charge >= 0.3 is 0 Å². The summed E-state index contributed by atoms with van der Waals surface area (Å²) in [6.45, 7) is 10.2. The summed E-state index contributed by atoms with van der Waals surface area (Å²) in [7, 11) is 1.93. The summed E-state index contributed by atoms with van der Waals surface area (Å²) in [5.74, 6) is 0. The molecule has 2 heteroatoms. The number of aromatic nitrogens is 1. The van der Waals surface area contributed by atoms with Crippen LogP contribution < -0.4 is 5.32 Å². The number of hydrogen-bond donors (Lipinski definition) is 1. The predicted molar refractivity (Wildman–Crippen MR) is 83.6 cm³/mol. The van der Waals surface area contributed by atoms with Gasteiger partial charge in [-0.15, -0.1) is 0 Å². The standard InChI is InChI=1S/C17H22N2/c1-6-16(18-5)14(3)11-13(2)12-15(4)17-9-7-8-10-19-17/h6-12,18H,4H2,1-3,5H3/b13-12-,14-11+,16-6-. The van der Waals surface area contributed by atoms with Crippen molar-refractivity contribution in [3.05, 3.63) is 71.7 Å². The van der Waals surface area contributed by atoms with E-state index >= 15 is 0 Å². The number of hydrogen-bond acceptors (Lipinski definition) is 2. The fraction of sp³-hybridized carbons (Fsp3) is 0.235. The maximum absolute atomic E-state index is 4.29. The molecule has 100 valence electrons. The second-order valence-corrected chi connectivity index (χ2v) is 4.41. The summed E-state index contributed by atoms with van der Waals surface area (Å²) in [5.41, 5.74) is 5.33. The minimum Gasteiger partial charge on any atom is -0.388 e. The molecule has 0 unspecified atom stereocenters. The molecule has 1 aromatic rings. The smallest absolute Gasteiger partial charge is 0.0696 e. The van der Waals surface area contributed by atoms with Gasteiger partial charge in [-0.05, 0) is 44.1 Å². The third-order valence-electron chi connectivity index (χ3n) is 2.82. The molecule has 19 heavy (non-hydrogen) atoms. The summed E-state index contributed by atoms with van der Waals surface area (Å²) in [4.78, 5) is 4.29. The molecule has 0 saturated heterocycles. The summed E-state index contributed by atoms with van der Waals surface area (Å²) in [6.07, 6.45) is 8.03. The molecule has 0 atom stereocenters. The third-order valence-corrected chi connectivity index (χ3v) is 2.82. The van der Waals surface area contributed by atoms with Crippen LogP contribution in [0.1, 0.15) is 26.5 Å². The van der Waals surface area contributed by atoms with E-state index in [4.69, 9.17) is 0 Å². The first-order valence-electron chi connectivity index (χ1n) is 6.39. The molecule has 1 heterocycles. The van der Waals surface area contributed by atoms with E-state index in [1.807, 2.05) is 32.2 Å². The SMILES string of the molecule is C=C(\C=C(C)/C=C(C)/C(=C/C)NC)c1ccccn1. The van der Waals surface area contributed by atoms with Crippen molar-refractivity contribution in [1.29, 1.82) is 0 Å². The van der Waals surface area contributed by atoms with Crippen molar-refractivity contribution >= 4 is 5.57 Å². The average Bonchev–Trinajstić information content (AvgIpc) is 2.40. The highest BCUT2D eigenvalue weighted by molar-refractivity contribution is 5.70. The van der Waals surface area contributed by atoms with Gasteiger partial charge < -0.3 is 5.32 Å². The van der Waals surface area contributed by atoms with Crippen LogP contribution in [0.25, 0.3) is 5.57 Å². The predicted octanol–water partition coefficient (Wildman–Crippen LogP) is 4.11. The van der Waals surface area contributed by atoms with Crippen molar-refractivity contribution in [2.24, 2.45) is 0 Å². The van der Waals surface area contributed by atoms with Crippen molar-refractivity contribution in [2.45, 2.75) is 20.8 Å². The Morgan fingerprint density at radius 1 is 1.26 bits per heavy atom. The van der Waals surface area contributed by atoms with Gasteiger partial charge in [0.15, 0.2) is 0 Å². The minimum absolute atomic E-state index is 0.910. The van der Waals surface area contributed by atoms with Crippen LogP contribution in [-0.4, -0.2) is 12.0 Å². The molecular weight excluding hydrogens is 232 g/mol. The number of likely N-dealkylation sites (N-methyl/N-ethyl adjacent to an activating group) is 1. The first-order chi connectivity index (χ1) is 9.08. The number of nitrogens with one attached hydrogen (secondary N) is 1. The molecule has 0 saturated carbocycles. The molecule has 0 aliphatic heterocycles. The molecule has 2 nitrogen and oxygen atoms in total. The molecular formula is C17H22N2. The molecule has 0 fully saturated rings. The van der Waals surface area contributed by atoms with Crippen molar-refractivity contribution in [1.82, 2.24) is 10.3 Å². The van der Waals surface area contributed by atoms with Gasteiger partial charge in [-0.2, -0.15) is 0 Å². The number of nitrogens with zero attached hydrogens (tertiary/aromatic N) is 1. The third kappa shape index (κ3) is 4.59. The fourth-order valence-corrected chi connectivity index (χ4v) is 1.93. The molecule has 0 amide bonds. The zero-order chi connectivity index (χ0) is 14.3. The van der Waals surface area contributed by atoms with E-state index in [1.165, 1.54) is 5.57 Å². The molecule has 0 aliphatic rings. The van der Waals surface area contributed by atoms with Crippen molar-refractivity contribution in [2.75, 3.05) is 7.05 Å². The average molecular weight is 254 g/mol. The molecule has 0 aromatic carbocycles. The Labute approximate surface area is 116 Å². The van der Waals surface area contributed by atoms with Crippen LogP contribution in [0.4, 0.5) is 0 Å². The quantitative estimate of drug-likeness (QED) is 0.800. The fourth-order valence-electron chi connectivity index (χ4n) is 1.93. The van der Waals surface area contributed by atoms with Crippen LogP contribution in [0.5, 0.6) is 0 Å². The Balaban J connectivity index is 2.89. The van der Waals surface area contributed by atoms with Gasteiger partial charge in [0, 0.05) is 18.9 Å². The molecule has 1 N–H and O–H groups in total. The molecule has 1 rings (SSSR count). The molecule has 0 radical (unpaired) electrons. The lowest BCUT2D eigenvalue weighted by atomic mass is 10.1. The van der Waals surface area contributed by atoms with Gasteiger partial charge in [-0.3, -0.25) is 4.98 Å². The first-order valence-corrected chi connectivity index (χ1v) is 6.39. The maximum Gasteiger partial charge on any atom is 0.0696 e. The van der Waals surface area contributed by atoms with Crippen LogP contribution in [0.3, 0.4) is 0 Å². The van der Waals surface area contributed by atoms with Crippen LogP contribution in [0, 0.1) is 0 Å². The topological polar surface area (TPSA) is 24.9 Å². The monoisotopic (exact) mass is 254 g/mol. The van der Waals surface area contributed by atoms with E-state index in [9.17, 15) is 0 Å². The Morgan fingerprint density at radius 2 is 2.00 bits per heavy atom. The highest BCUT2D eigenvalue weighted by atomic mass is 14.8. The van der Waals surface area contributed by atoms with E-state index in [2.05, 4.69) is 49.0 Å². The second-order valence-electron chi connectivity index (χ2n) is 4.41. The molecule has 0 spiro atoms. The maximum atomic E-state index is 4.29. The Kier molecular flexibility index (Phi) is 5.80. The number of rotatable bonds is 5. The van der Waals surface area contributed by atoms with E-state index in [-0.39, 0.29) is 0 Å². The Hall–Kier alpha value is -2.09. The van der Waals surface area contributed by atoms with E-state index in [1.54, 1.807) is 6.20 Å². The lowest BCUT2D eigenvalue weighted by Gasteiger charge is -2.07. The lowest BCUT2D eigenvalue weighted by Crippen LogP contribution is -2.06. The minimum atomic E-state index is 0.910. The van der Waals surface area contributed by atoms with Gasteiger partial charge in [0.1, 0.15) is 0 Å². The van der Waals surface area contributed by atoms with Gasteiger partial charge in [0.05, 0.1) is 5.69 Å². The Bertz CT molecular complexity index is 519. The summed E-state index contributed by atoms with van der Waals surface area (Å²) < 4.78 is 0. The second kappa shape index (κ2) is 7.37. The van der Waals surface area contributed by atoms with E-state index in [0.717, 1.165) is 22.5 Å². The number of allylic oxidation sites excluding steroid dienone is 6. The highest BCUT2D eigenvalue weighted by Crippen LogP contribution is 2.15. The van der Waals surface area contributed by atoms with Crippen molar-refractivity contribution < 1.29 is 0 Å². The number of pyridine rings is 1. The van der Waals surface area contributed by atoms with E-state index < -0.39 is 0 Å². The summed E-state index contributed by atoms with van der Waals surface area (Å²) in [6, 6.07) is 5.84. The lowest BCUT2D eigenvalue weighted by molar-refractivity contribution is 0.992. The first kappa shape index (κ1) is 15.0.